The van der Waals surface area contributed by atoms with Crippen molar-refractivity contribution in [1.82, 2.24) is 19.4 Å². The minimum Gasteiger partial charge on any atom is -0.327 e. The van der Waals surface area contributed by atoms with Crippen LogP contribution in [0.1, 0.15) is 44.6 Å². The van der Waals surface area contributed by atoms with Crippen molar-refractivity contribution in [2.24, 2.45) is 0 Å². The van der Waals surface area contributed by atoms with Gasteiger partial charge >= 0.3 is 0 Å². The lowest BCUT2D eigenvalue weighted by atomic mass is 9.91. The maximum Gasteiger partial charge on any atom is 0.133 e. The fourth-order valence-electron chi connectivity index (χ4n) is 4.00. The average molecular weight is 298 g/mol. The molecule has 0 unspecified atom stereocenters. The number of hydrogen-bond donors (Lipinski definition) is 0. The van der Waals surface area contributed by atoms with E-state index in [0.717, 1.165) is 57.2 Å². The highest BCUT2D eigenvalue weighted by molar-refractivity contribution is 5.79. The van der Waals surface area contributed by atoms with Gasteiger partial charge in [-0.05, 0) is 25.7 Å². The number of nitrogens with zero attached hydrogens (tertiary/aromatic N) is 4. The van der Waals surface area contributed by atoms with Crippen molar-refractivity contribution >= 4 is 5.78 Å². The first-order valence-corrected chi connectivity index (χ1v) is 8.32. The molecule has 116 valence electrons. The lowest BCUT2D eigenvalue weighted by molar-refractivity contribution is -0.121. The summed E-state index contributed by atoms with van der Waals surface area (Å²) in [5.74, 6) is 0.447. The van der Waals surface area contributed by atoms with Crippen LogP contribution < -0.4 is 0 Å². The predicted octanol–water partition coefficient (Wildman–Crippen LogP) is 2.53. The smallest absolute Gasteiger partial charge is 0.133 e. The van der Waals surface area contributed by atoms with Gasteiger partial charge in [0.25, 0.3) is 0 Å². The summed E-state index contributed by atoms with van der Waals surface area (Å²) in [6.07, 6.45) is 13.6. The zero-order valence-electron chi connectivity index (χ0n) is 12.8. The van der Waals surface area contributed by atoms with E-state index in [1.54, 1.807) is 0 Å². The van der Waals surface area contributed by atoms with Crippen LogP contribution in [0.4, 0.5) is 0 Å². The Kier molecular flexibility index (Phi) is 3.66. The zero-order valence-corrected chi connectivity index (χ0v) is 12.8. The zero-order chi connectivity index (χ0) is 14.9. The Labute approximate surface area is 130 Å². The van der Waals surface area contributed by atoms with E-state index < -0.39 is 0 Å². The van der Waals surface area contributed by atoms with Gasteiger partial charge in [-0.2, -0.15) is 0 Å². The van der Waals surface area contributed by atoms with Crippen LogP contribution in [0, 0.1) is 0 Å². The van der Waals surface area contributed by atoms with Crippen molar-refractivity contribution in [3.05, 3.63) is 24.9 Å². The molecule has 1 aliphatic carbocycles. The minimum absolute atomic E-state index is 0.447. The Balaban J connectivity index is 1.42. The molecule has 0 spiro atoms. The Bertz CT molecular complexity index is 619. The molecule has 22 heavy (non-hydrogen) atoms. The van der Waals surface area contributed by atoms with Gasteiger partial charge in [-0.1, -0.05) is 0 Å². The normalized spacial score (nSPS) is 22.5. The molecule has 2 fully saturated rings. The number of likely N-dealkylation sites (tertiary alicyclic amines) is 1. The molecule has 5 heteroatoms. The number of carbonyl (C=O) groups excluding carboxylic acids is 1. The second kappa shape index (κ2) is 5.80. The lowest BCUT2D eigenvalue weighted by Crippen LogP contribution is -2.43. The van der Waals surface area contributed by atoms with Crippen molar-refractivity contribution in [3.63, 3.8) is 0 Å². The molecule has 0 amide bonds. The molecule has 0 N–H and O–H groups in total. The second-order valence-corrected chi connectivity index (χ2v) is 6.59. The maximum atomic E-state index is 11.4. The van der Waals surface area contributed by atoms with E-state index in [4.69, 9.17) is 0 Å². The highest BCUT2D eigenvalue weighted by atomic mass is 16.1. The van der Waals surface area contributed by atoms with E-state index in [2.05, 4.69) is 19.4 Å². The molecule has 4 aliphatic rings. The molecular weight excluding hydrogens is 276 g/mol. The number of piperidine rings is 1. The molecule has 0 aromatic carbocycles. The van der Waals surface area contributed by atoms with Crippen LogP contribution in [0.25, 0.3) is 11.3 Å². The van der Waals surface area contributed by atoms with Gasteiger partial charge < -0.3 is 9.47 Å². The summed E-state index contributed by atoms with van der Waals surface area (Å²) in [6.45, 7) is 2.25. The number of carbonyl (C=O) groups is 1. The van der Waals surface area contributed by atoms with Gasteiger partial charge in [0.15, 0.2) is 0 Å². The maximum absolute atomic E-state index is 11.4. The highest BCUT2D eigenvalue weighted by Gasteiger charge is 2.29. The van der Waals surface area contributed by atoms with E-state index in [-0.39, 0.29) is 0 Å². The van der Waals surface area contributed by atoms with Crippen LogP contribution in [0.3, 0.4) is 0 Å². The molecule has 5 nitrogen and oxygen atoms in total. The van der Waals surface area contributed by atoms with Crippen molar-refractivity contribution in [3.8, 4) is 11.3 Å². The van der Waals surface area contributed by atoms with Crippen LogP contribution in [-0.4, -0.2) is 44.3 Å². The molecule has 0 aromatic rings. The van der Waals surface area contributed by atoms with Crippen molar-refractivity contribution in [2.75, 3.05) is 13.1 Å². The first-order valence-electron chi connectivity index (χ1n) is 8.32. The van der Waals surface area contributed by atoms with Gasteiger partial charge in [0, 0.05) is 56.0 Å². The van der Waals surface area contributed by atoms with Crippen LogP contribution in [0.2, 0.25) is 0 Å². The number of rotatable bonds is 2. The molecule has 0 aromatic heterocycles. The molecule has 0 bridgehead atoms. The van der Waals surface area contributed by atoms with E-state index in [1.165, 1.54) is 5.69 Å². The summed E-state index contributed by atoms with van der Waals surface area (Å²) in [4.78, 5) is 22.6. The monoisotopic (exact) mass is 298 g/mol. The van der Waals surface area contributed by atoms with Crippen LogP contribution in [-0.2, 0) is 4.79 Å². The Hall–Kier alpha value is -1.75. The molecule has 3 heterocycles. The summed E-state index contributed by atoms with van der Waals surface area (Å²) in [6, 6.07) is 1.14. The molecule has 1 saturated carbocycles. The summed E-state index contributed by atoms with van der Waals surface area (Å²) in [5, 5.41) is 0. The molecule has 0 atom stereocenters. The van der Waals surface area contributed by atoms with Gasteiger partial charge in [0.1, 0.15) is 5.78 Å². The molecular formula is C17H22N4O. The average Bonchev–Trinajstić information content (AvgIpc) is 3.04. The van der Waals surface area contributed by atoms with E-state index in [0.29, 0.717) is 17.9 Å². The predicted molar refractivity (Wildman–Crippen MR) is 83.8 cm³/mol. The summed E-state index contributed by atoms with van der Waals surface area (Å²) in [5.41, 5.74) is 2.31. The van der Waals surface area contributed by atoms with E-state index >= 15 is 0 Å². The Morgan fingerprint density at radius 1 is 0.909 bits per heavy atom. The van der Waals surface area contributed by atoms with E-state index in [1.807, 2.05) is 24.9 Å². The van der Waals surface area contributed by atoms with Crippen LogP contribution in [0.15, 0.2) is 24.9 Å². The first-order chi connectivity index (χ1) is 10.8. The number of Topliss-reactive ketones (excluding diaryl/α,β-unsaturated/α-hetero) is 1. The van der Waals surface area contributed by atoms with Crippen molar-refractivity contribution < 1.29 is 4.79 Å². The SMILES string of the molecule is O=C1CCC(N2CCC(n3cncc4cncc3-4)CC2)CC1. The highest BCUT2D eigenvalue weighted by Crippen LogP contribution is 2.31. The number of aromatic nitrogens is 3. The fraction of sp³-hybridized carbons (Fsp3) is 0.588. The topological polar surface area (TPSA) is 51.0 Å². The standard InChI is InChI=1S/C17H22N4O/c22-16-3-1-14(2-4-16)20-7-5-15(6-8-20)21-12-19-10-13-9-18-11-17(13)21/h9-12,14-15H,1-8H2. The number of ketones is 1. The van der Waals surface area contributed by atoms with Crippen LogP contribution in [0.5, 0.6) is 0 Å². The van der Waals surface area contributed by atoms with Gasteiger partial charge in [-0.15, -0.1) is 0 Å². The second-order valence-electron chi connectivity index (χ2n) is 6.59. The largest absolute Gasteiger partial charge is 0.327 e. The third-order valence-electron chi connectivity index (χ3n) is 5.31. The number of fused-ring (bicyclic) bond motifs is 1. The first kappa shape index (κ1) is 13.9. The summed E-state index contributed by atoms with van der Waals surface area (Å²) >= 11 is 0. The molecule has 4 rings (SSSR count). The fourth-order valence-corrected chi connectivity index (χ4v) is 4.00. The summed E-state index contributed by atoms with van der Waals surface area (Å²) < 4.78 is 2.30. The van der Waals surface area contributed by atoms with Gasteiger partial charge in [0.2, 0.25) is 0 Å². The van der Waals surface area contributed by atoms with Gasteiger partial charge in [-0.3, -0.25) is 9.78 Å². The number of hydrogen-bond acceptors (Lipinski definition) is 4. The Morgan fingerprint density at radius 3 is 2.41 bits per heavy atom. The lowest BCUT2D eigenvalue weighted by Gasteiger charge is -2.39. The van der Waals surface area contributed by atoms with Gasteiger partial charge in [0.05, 0.1) is 18.2 Å². The van der Waals surface area contributed by atoms with Crippen molar-refractivity contribution in [1.29, 1.82) is 0 Å². The van der Waals surface area contributed by atoms with E-state index in [9.17, 15) is 4.79 Å². The van der Waals surface area contributed by atoms with Crippen LogP contribution >= 0.6 is 0 Å². The van der Waals surface area contributed by atoms with Crippen molar-refractivity contribution in [2.45, 2.75) is 50.6 Å². The third-order valence-corrected chi connectivity index (χ3v) is 5.31. The van der Waals surface area contributed by atoms with Gasteiger partial charge in [-0.25, -0.2) is 4.98 Å². The summed E-state index contributed by atoms with van der Waals surface area (Å²) in [7, 11) is 0. The quantitative estimate of drug-likeness (QED) is 0.855. The molecule has 3 aliphatic heterocycles. The molecule has 1 saturated heterocycles. The Morgan fingerprint density at radius 2 is 1.64 bits per heavy atom. The third kappa shape index (κ3) is 2.54. The molecule has 0 radical (unpaired) electrons. The minimum atomic E-state index is 0.447.